The fraction of sp³-hybridized carbons (Fsp3) is 0.222. The average Bonchev–Trinajstić information content (AvgIpc) is 2.07. The molecule has 0 fully saturated rings. The van der Waals surface area contributed by atoms with Gasteiger partial charge in [0.25, 0.3) is 0 Å². The van der Waals surface area contributed by atoms with Crippen molar-refractivity contribution in [2.45, 2.75) is 11.8 Å². The zero-order chi connectivity index (χ0) is 8.97. The first-order valence-corrected chi connectivity index (χ1v) is 4.52. The third-order valence-corrected chi connectivity index (χ3v) is 2.32. The SMILES string of the molecule is Cc1ccc(O)c(SCC#N)c1. The Hall–Kier alpha value is -1.14. The molecule has 2 nitrogen and oxygen atoms in total. The Morgan fingerprint density at radius 2 is 2.33 bits per heavy atom. The monoisotopic (exact) mass is 179 g/mol. The molecule has 0 atom stereocenters. The van der Waals surface area contributed by atoms with Crippen LogP contribution in [0, 0.1) is 18.3 Å². The number of hydrogen-bond acceptors (Lipinski definition) is 3. The summed E-state index contributed by atoms with van der Waals surface area (Å²) in [5.74, 6) is 0.623. The lowest BCUT2D eigenvalue weighted by Crippen LogP contribution is -1.78. The van der Waals surface area contributed by atoms with E-state index in [2.05, 4.69) is 0 Å². The van der Waals surface area contributed by atoms with Crippen LogP contribution in [0.2, 0.25) is 0 Å². The van der Waals surface area contributed by atoms with Crippen LogP contribution in [0.25, 0.3) is 0 Å². The van der Waals surface area contributed by atoms with Gasteiger partial charge in [0.2, 0.25) is 0 Å². The Labute approximate surface area is 75.8 Å². The molecule has 0 aliphatic rings. The maximum Gasteiger partial charge on any atom is 0.129 e. The molecule has 0 aliphatic carbocycles. The molecular formula is C9H9NOS. The number of phenolic OH excluding ortho intramolecular Hbond substituents is 1. The van der Waals surface area contributed by atoms with Crippen molar-refractivity contribution in [3.8, 4) is 11.8 Å². The lowest BCUT2D eigenvalue weighted by Gasteiger charge is -2.01. The lowest BCUT2D eigenvalue weighted by molar-refractivity contribution is 0.462. The number of thioether (sulfide) groups is 1. The molecule has 3 heteroatoms. The molecule has 0 saturated carbocycles. The first kappa shape index (κ1) is 8.95. The predicted octanol–water partition coefficient (Wildman–Crippen LogP) is 2.32. The highest BCUT2D eigenvalue weighted by Gasteiger charge is 2.00. The fourth-order valence-corrected chi connectivity index (χ4v) is 1.55. The van der Waals surface area contributed by atoms with E-state index in [-0.39, 0.29) is 5.75 Å². The van der Waals surface area contributed by atoms with Crippen LogP contribution in [0.3, 0.4) is 0 Å². The molecule has 0 bridgehead atoms. The van der Waals surface area contributed by atoms with Crippen LogP contribution in [0.5, 0.6) is 5.75 Å². The van der Waals surface area contributed by atoms with Crippen LogP contribution in [0.15, 0.2) is 23.1 Å². The number of aryl methyl sites for hydroxylation is 1. The summed E-state index contributed by atoms with van der Waals surface area (Å²) >= 11 is 1.35. The molecule has 1 N–H and O–H groups in total. The molecule has 62 valence electrons. The average molecular weight is 179 g/mol. The Morgan fingerprint density at radius 1 is 1.58 bits per heavy atom. The molecule has 1 aromatic rings. The van der Waals surface area contributed by atoms with Crippen molar-refractivity contribution in [1.29, 1.82) is 5.26 Å². The van der Waals surface area contributed by atoms with E-state index >= 15 is 0 Å². The topological polar surface area (TPSA) is 44.0 Å². The Balaban J connectivity index is 2.84. The third-order valence-electron chi connectivity index (χ3n) is 1.41. The molecule has 0 aliphatic heterocycles. The van der Waals surface area contributed by atoms with E-state index in [4.69, 9.17) is 5.26 Å². The van der Waals surface area contributed by atoms with Gasteiger partial charge in [-0.25, -0.2) is 0 Å². The van der Waals surface area contributed by atoms with Gasteiger partial charge in [-0.3, -0.25) is 0 Å². The standard InChI is InChI=1S/C9H9NOS/c1-7-2-3-8(11)9(6-7)12-5-4-10/h2-3,6,11H,5H2,1H3. The Bertz CT molecular complexity index is 317. The summed E-state index contributed by atoms with van der Waals surface area (Å²) in [5.41, 5.74) is 1.09. The molecule has 0 heterocycles. The molecule has 1 aromatic carbocycles. The van der Waals surface area contributed by atoms with Gasteiger partial charge >= 0.3 is 0 Å². The molecule has 0 saturated heterocycles. The second kappa shape index (κ2) is 4.03. The summed E-state index contributed by atoms with van der Waals surface area (Å²) in [4.78, 5) is 0.775. The Kier molecular flexibility index (Phi) is 3.01. The van der Waals surface area contributed by atoms with Crippen molar-refractivity contribution in [2.75, 3.05) is 5.75 Å². The highest BCUT2D eigenvalue weighted by molar-refractivity contribution is 7.99. The van der Waals surface area contributed by atoms with E-state index in [1.54, 1.807) is 6.07 Å². The van der Waals surface area contributed by atoms with Gasteiger partial charge in [0.05, 0.1) is 16.7 Å². The van der Waals surface area contributed by atoms with Gasteiger partial charge < -0.3 is 5.11 Å². The number of rotatable bonds is 2. The minimum Gasteiger partial charge on any atom is -0.507 e. The smallest absolute Gasteiger partial charge is 0.129 e. The van der Waals surface area contributed by atoms with E-state index in [9.17, 15) is 5.11 Å². The molecule has 0 spiro atoms. The van der Waals surface area contributed by atoms with Crippen molar-refractivity contribution in [3.05, 3.63) is 23.8 Å². The van der Waals surface area contributed by atoms with E-state index in [1.165, 1.54) is 11.8 Å². The summed E-state index contributed by atoms with van der Waals surface area (Å²) < 4.78 is 0. The van der Waals surface area contributed by atoms with Gasteiger partial charge in [-0.1, -0.05) is 6.07 Å². The van der Waals surface area contributed by atoms with Gasteiger partial charge in [-0.2, -0.15) is 5.26 Å². The largest absolute Gasteiger partial charge is 0.507 e. The van der Waals surface area contributed by atoms with E-state index in [0.29, 0.717) is 5.75 Å². The molecule has 0 unspecified atom stereocenters. The van der Waals surface area contributed by atoms with Crippen LogP contribution in [0.1, 0.15) is 5.56 Å². The normalized spacial score (nSPS) is 9.33. The van der Waals surface area contributed by atoms with Crippen molar-refractivity contribution >= 4 is 11.8 Å². The zero-order valence-electron chi connectivity index (χ0n) is 6.74. The minimum absolute atomic E-state index is 0.251. The number of hydrogen-bond donors (Lipinski definition) is 1. The third kappa shape index (κ3) is 2.18. The minimum atomic E-state index is 0.251. The number of nitrogens with zero attached hydrogens (tertiary/aromatic N) is 1. The number of phenols is 1. The molecular weight excluding hydrogens is 170 g/mol. The Morgan fingerprint density at radius 3 is 3.00 bits per heavy atom. The van der Waals surface area contributed by atoms with Crippen molar-refractivity contribution < 1.29 is 5.11 Å². The molecule has 12 heavy (non-hydrogen) atoms. The van der Waals surface area contributed by atoms with Crippen LogP contribution in [0.4, 0.5) is 0 Å². The molecule has 1 rings (SSSR count). The second-order valence-electron chi connectivity index (χ2n) is 2.42. The maximum absolute atomic E-state index is 9.33. The number of aromatic hydroxyl groups is 1. The van der Waals surface area contributed by atoms with E-state index in [0.717, 1.165) is 10.5 Å². The highest BCUT2D eigenvalue weighted by Crippen LogP contribution is 2.28. The van der Waals surface area contributed by atoms with Crippen LogP contribution in [-0.2, 0) is 0 Å². The summed E-state index contributed by atoms with van der Waals surface area (Å²) in [6, 6.07) is 7.37. The van der Waals surface area contributed by atoms with E-state index in [1.807, 2.05) is 25.1 Å². The van der Waals surface area contributed by atoms with Gasteiger partial charge in [0.1, 0.15) is 5.75 Å². The van der Waals surface area contributed by atoms with Gasteiger partial charge in [-0.15, -0.1) is 11.8 Å². The first-order valence-electron chi connectivity index (χ1n) is 3.53. The van der Waals surface area contributed by atoms with Gasteiger partial charge in [0.15, 0.2) is 0 Å². The van der Waals surface area contributed by atoms with Crippen LogP contribution >= 0.6 is 11.8 Å². The molecule has 0 radical (unpaired) electrons. The van der Waals surface area contributed by atoms with Crippen LogP contribution < -0.4 is 0 Å². The predicted molar refractivity (Wildman–Crippen MR) is 49.2 cm³/mol. The molecule has 0 aromatic heterocycles. The number of benzene rings is 1. The summed E-state index contributed by atoms with van der Waals surface area (Å²) in [6.45, 7) is 1.95. The van der Waals surface area contributed by atoms with Crippen molar-refractivity contribution in [2.24, 2.45) is 0 Å². The molecule has 0 amide bonds. The van der Waals surface area contributed by atoms with Crippen molar-refractivity contribution in [1.82, 2.24) is 0 Å². The highest BCUT2D eigenvalue weighted by atomic mass is 32.2. The van der Waals surface area contributed by atoms with Crippen LogP contribution in [-0.4, -0.2) is 10.9 Å². The maximum atomic E-state index is 9.33. The van der Waals surface area contributed by atoms with Crippen molar-refractivity contribution in [3.63, 3.8) is 0 Å². The second-order valence-corrected chi connectivity index (χ2v) is 3.44. The summed E-state index contributed by atoms with van der Waals surface area (Å²) in [6.07, 6.45) is 0. The first-order chi connectivity index (χ1) is 5.74. The lowest BCUT2D eigenvalue weighted by atomic mass is 10.2. The number of nitriles is 1. The quantitative estimate of drug-likeness (QED) is 0.708. The van der Waals surface area contributed by atoms with Gasteiger partial charge in [0, 0.05) is 0 Å². The van der Waals surface area contributed by atoms with E-state index < -0.39 is 0 Å². The summed E-state index contributed by atoms with van der Waals surface area (Å²) in [7, 11) is 0. The summed E-state index contributed by atoms with van der Waals surface area (Å²) in [5, 5.41) is 17.7. The zero-order valence-corrected chi connectivity index (χ0v) is 7.56. The van der Waals surface area contributed by atoms with Gasteiger partial charge in [-0.05, 0) is 24.6 Å². The fourth-order valence-electron chi connectivity index (χ4n) is 0.847.